The average molecular weight is 462 g/mol. The van der Waals surface area contributed by atoms with Gasteiger partial charge in [0.25, 0.3) is 10.0 Å². The van der Waals surface area contributed by atoms with E-state index in [-0.39, 0.29) is 10.8 Å². The molecule has 1 aromatic carbocycles. The lowest BCUT2D eigenvalue weighted by Gasteiger charge is -2.37. The van der Waals surface area contributed by atoms with Crippen LogP contribution in [-0.2, 0) is 14.8 Å². The molecular weight excluding hydrogens is 426 g/mol. The Labute approximate surface area is 191 Å². The number of rotatable bonds is 7. The Kier molecular flexibility index (Phi) is 7.80. The zero-order valence-corrected chi connectivity index (χ0v) is 19.6. The molecule has 4 rings (SSSR count). The first-order chi connectivity index (χ1) is 15.5. The molecule has 2 fully saturated rings. The van der Waals surface area contributed by atoms with Crippen LogP contribution in [0.3, 0.4) is 0 Å². The monoisotopic (exact) mass is 461 g/mol. The molecular formula is C23H35N5O3S. The van der Waals surface area contributed by atoms with Crippen LogP contribution < -0.4 is 10.0 Å². The van der Waals surface area contributed by atoms with Crippen LogP contribution in [0, 0.1) is 5.92 Å². The highest BCUT2D eigenvalue weighted by atomic mass is 32.2. The van der Waals surface area contributed by atoms with Crippen molar-refractivity contribution < 1.29 is 13.2 Å². The highest BCUT2D eigenvalue weighted by Gasteiger charge is 2.23. The third-order valence-corrected chi connectivity index (χ3v) is 8.01. The highest BCUT2D eigenvalue weighted by molar-refractivity contribution is 7.90. The topological polar surface area (TPSA) is 94.1 Å². The first kappa shape index (κ1) is 23.2. The zero-order chi connectivity index (χ0) is 22.4. The molecule has 0 radical (unpaired) electrons. The van der Waals surface area contributed by atoms with Gasteiger partial charge in [0.05, 0.1) is 11.4 Å². The van der Waals surface area contributed by atoms with Crippen LogP contribution in [0.1, 0.15) is 44.9 Å². The predicted molar refractivity (Wildman–Crippen MR) is 126 cm³/mol. The van der Waals surface area contributed by atoms with E-state index >= 15 is 0 Å². The molecule has 1 aromatic rings. The average Bonchev–Trinajstić information content (AvgIpc) is 3.28. The molecule has 0 spiro atoms. The summed E-state index contributed by atoms with van der Waals surface area (Å²) >= 11 is 0. The van der Waals surface area contributed by atoms with Gasteiger partial charge < -0.3 is 10.2 Å². The Bertz CT molecular complexity index is 919. The van der Waals surface area contributed by atoms with E-state index in [1.165, 1.54) is 50.8 Å². The molecule has 176 valence electrons. The van der Waals surface area contributed by atoms with Crippen LogP contribution in [0.15, 0.2) is 34.2 Å². The van der Waals surface area contributed by atoms with Gasteiger partial charge >= 0.3 is 0 Å². The van der Waals surface area contributed by atoms with Crippen molar-refractivity contribution >= 4 is 27.5 Å². The number of sulfonamides is 1. The van der Waals surface area contributed by atoms with E-state index in [1.807, 2.05) is 0 Å². The molecule has 0 bridgehead atoms. The molecule has 1 saturated carbocycles. The second kappa shape index (κ2) is 10.8. The van der Waals surface area contributed by atoms with Gasteiger partial charge in [-0.3, -0.25) is 19.4 Å². The summed E-state index contributed by atoms with van der Waals surface area (Å²) in [6.45, 7) is 5.97. The number of amidine groups is 1. The fourth-order valence-electron chi connectivity index (χ4n) is 4.85. The van der Waals surface area contributed by atoms with Gasteiger partial charge in [0, 0.05) is 51.4 Å². The summed E-state index contributed by atoms with van der Waals surface area (Å²) in [5.41, 5.74) is 0.488. The largest absolute Gasteiger partial charge is 0.325 e. The number of nitrogens with zero attached hydrogens (tertiary/aromatic N) is 3. The first-order valence-corrected chi connectivity index (χ1v) is 13.4. The number of piperazine rings is 1. The number of hydrogen-bond acceptors (Lipinski definition) is 6. The molecule has 3 aliphatic rings. The lowest BCUT2D eigenvalue weighted by atomic mass is 9.89. The fraction of sp³-hybridized carbons (Fsp3) is 0.652. The van der Waals surface area contributed by atoms with Crippen LogP contribution in [0.25, 0.3) is 0 Å². The van der Waals surface area contributed by atoms with Gasteiger partial charge in [0.1, 0.15) is 5.84 Å². The number of hydrogen-bond donors (Lipinski definition) is 2. The van der Waals surface area contributed by atoms with E-state index < -0.39 is 10.0 Å². The Morgan fingerprint density at radius 3 is 2.50 bits per heavy atom. The van der Waals surface area contributed by atoms with Crippen molar-refractivity contribution in [1.82, 2.24) is 14.5 Å². The van der Waals surface area contributed by atoms with Crippen molar-refractivity contribution in [2.45, 2.75) is 49.8 Å². The zero-order valence-electron chi connectivity index (χ0n) is 18.8. The second-order valence-electron chi connectivity index (χ2n) is 9.19. The molecule has 0 atom stereocenters. The molecule has 1 aliphatic carbocycles. The van der Waals surface area contributed by atoms with Gasteiger partial charge in [0.2, 0.25) is 5.91 Å². The van der Waals surface area contributed by atoms with Crippen molar-refractivity contribution in [3.8, 4) is 0 Å². The summed E-state index contributed by atoms with van der Waals surface area (Å²) in [6, 6.07) is 6.38. The van der Waals surface area contributed by atoms with Gasteiger partial charge in [-0.1, -0.05) is 25.3 Å². The van der Waals surface area contributed by atoms with Crippen molar-refractivity contribution in [1.29, 1.82) is 0 Å². The van der Waals surface area contributed by atoms with Crippen molar-refractivity contribution in [3.05, 3.63) is 24.3 Å². The van der Waals surface area contributed by atoms with Crippen LogP contribution in [0.5, 0.6) is 0 Å². The minimum atomic E-state index is -3.70. The van der Waals surface area contributed by atoms with E-state index in [4.69, 9.17) is 0 Å². The number of anilines is 1. The third-order valence-electron chi connectivity index (χ3n) is 6.63. The van der Waals surface area contributed by atoms with Gasteiger partial charge in [-0.05, 0) is 43.4 Å². The summed E-state index contributed by atoms with van der Waals surface area (Å²) < 4.78 is 27.7. The Hall–Kier alpha value is -1.97. The second-order valence-corrected chi connectivity index (χ2v) is 10.9. The minimum Gasteiger partial charge on any atom is -0.325 e. The van der Waals surface area contributed by atoms with E-state index in [9.17, 15) is 13.2 Å². The molecule has 2 aliphatic heterocycles. The van der Waals surface area contributed by atoms with Crippen LogP contribution in [0.4, 0.5) is 5.69 Å². The smallest absolute Gasteiger partial charge is 0.262 e. The number of carbonyl (C=O) groups excluding carboxylic acids is 1. The molecule has 1 saturated heterocycles. The van der Waals surface area contributed by atoms with Crippen molar-refractivity contribution in [2.24, 2.45) is 10.9 Å². The minimum absolute atomic E-state index is 0.117. The van der Waals surface area contributed by atoms with Gasteiger partial charge in [0.15, 0.2) is 0 Å². The van der Waals surface area contributed by atoms with Gasteiger partial charge in [-0.2, -0.15) is 0 Å². The maximum absolute atomic E-state index is 12.6. The van der Waals surface area contributed by atoms with E-state index in [1.54, 1.807) is 12.1 Å². The van der Waals surface area contributed by atoms with E-state index in [0.717, 1.165) is 38.5 Å². The Balaban J connectivity index is 1.24. The molecule has 9 heteroatoms. The van der Waals surface area contributed by atoms with Crippen LogP contribution in [-0.4, -0.2) is 75.8 Å². The molecule has 0 unspecified atom stereocenters. The number of benzene rings is 1. The first-order valence-electron chi connectivity index (χ1n) is 11.9. The molecule has 32 heavy (non-hydrogen) atoms. The quantitative estimate of drug-likeness (QED) is 0.650. The predicted octanol–water partition coefficient (Wildman–Crippen LogP) is 2.29. The molecule has 2 heterocycles. The van der Waals surface area contributed by atoms with Crippen molar-refractivity contribution in [3.63, 3.8) is 0 Å². The molecule has 0 aromatic heterocycles. The van der Waals surface area contributed by atoms with Crippen molar-refractivity contribution in [2.75, 3.05) is 51.1 Å². The molecule has 8 nitrogen and oxygen atoms in total. The molecule has 1 amide bonds. The fourth-order valence-corrected chi connectivity index (χ4v) is 5.98. The van der Waals surface area contributed by atoms with Gasteiger partial charge in [-0.25, -0.2) is 8.42 Å². The Morgan fingerprint density at radius 1 is 1.03 bits per heavy atom. The lowest BCUT2D eigenvalue weighted by molar-refractivity contribution is -0.117. The third kappa shape index (κ3) is 6.52. The van der Waals surface area contributed by atoms with E-state index in [0.29, 0.717) is 31.0 Å². The maximum atomic E-state index is 12.6. The highest BCUT2D eigenvalue weighted by Crippen LogP contribution is 2.24. The number of amides is 1. The van der Waals surface area contributed by atoms with Gasteiger partial charge in [-0.15, -0.1) is 0 Å². The standard InChI is InChI=1S/C23H35N5O3S/c29-23(18-28-14-12-27(13-15-28)17-19-6-2-1-3-7-19)25-20-8-4-9-21(16-20)32(30,31)26-22-10-5-11-24-22/h4,8-9,16,19H,1-3,5-7,10-15,17-18H2,(H,24,26)(H,25,29). The van der Waals surface area contributed by atoms with Crippen LogP contribution in [0.2, 0.25) is 0 Å². The summed E-state index contributed by atoms with van der Waals surface area (Å²) in [5, 5.41) is 2.86. The van der Waals surface area contributed by atoms with E-state index in [2.05, 4.69) is 24.8 Å². The number of aliphatic imine (C=N–C) groups is 1. The molecule has 2 N–H and O–H groups in total. The Morgan fingerprint density at radius 2 is 1.78 bits per heavy atom. The van der Waals surface area contributed by atoms with Crippen LogP contribution >= 0.6 is 0 Å². The maximum Gasteiger partial charge on any atom is 0.262 e. The lowest BCUT2D eigenvalue weighted by Crippen LogP contribution is -2.49. The summed E-state index contributed by atoms with van der Waals surface area (Å²) in [4.78, 5) is 21.6. The number of carbonyl (C=O) groups is 1. The normalized spacial score (nSPS) is 21.3. The summed E-state index contributed by atoms with van der Waals surface area (Å²) in [7, 11) is -3.70. The number of nitrogens with one attached hydrogen (secondary N) is 2. The summed E-state index contributed by atoms with van der Waals surface area (Å²) in [5.74, 6) is 1.23. The summed E-state index contributed by atoms with van der Waals surface area (Å²) in [6.07, 6.45) is 8.37. The SMILES string of the molecule is O=C(CN1CCN(CC2CCCCC2)CC1)Nc1cccc(S(=O)(=O)NC2=NCCC2)c1.